The fourth-order valence-electron chi connectivity index (χ4n) is 2.32. The minimum Gasteiger partial charge on any atom is -0.379 e. The van der Waals surface area contributed by atoms with Crippen LogP contribution in [0, 0.1) is 13.8 Å². The van der Waals surface area contributed by atoms with E-state index < -0.39 is 0 Å². The molecule has 0 spiro atoms. The third kappa shape index (κ3) is 2.65. The Kier molecular flexibility index (Phi) is 3.44. The van der Waals surface area contributed by atoms with Gasteiger partial charge in [0.2, 0.25) is 0 Å². The van der Waals surface area contributed by atoms with Crippen LogP contribution in [0.15, 0.2) is 53.5 Å². The number of anilines is 1. The monoisotopic (exact) mass is 279 g/mol. The van der Waals surface area contributed by atoms with Crippen molar-refractivity contribution in [2.45, 2.75) is 20.4 Å². The zero-order valence-corrected chi connectivity index (χ0v) is 12.1. The van der Waals surface area contributed by atoms with E-state index in [2.05, 4.69) is 30.2 Å². The number of aromatic nitrogens is 2. The molecule has 0 bridgehead atoms. The smallest absolute Gasteiger partial charge is 0.258 e. The van der Waals surface area contributed by atoms with Crippen molar-refractivity contribution in [3.63, 3.8) is 0 Å². The van der Waals surface area contributed by atoms with Crippen molar-refractivity contribution in [1.82, 2.24) is 9.38 Å². The molecule has 0 saturated carbocycles. The van der Waals surface area contributed by atoms with Gasteiger partial charge < -0.3 is 5.32 Å². The Morgan fingerprint density at radius 3 is 2.86 bits per heavy atom. The van der Waals surface area contributed by atoms with Gasteiger partial charge in [-0.2, -0.15) is 0 Å². The number of aryl methyl sites for hydroxylation is 1. The van der Waals surface area contributed by atoms with E-state index in [-0.39, 0.29) is 5.56 Å². The number of pyridine rings is 1. The number of nitrogens with zero attached hydrogens (tertiary/aromatic N) is 2. The average Bonchev–Trinajstić information content (AvgIpc) is 2.49. The highest BCUT2D eigenvalue weighted by atomic mass is 16.1. The lowest BCUT2D eigenvalue weighted by molar-refractivity contribution is 0.970. The quantitative estimate of drug-likeness (QED) is 0.802. The second-order valence-corrected chi connectivity index (χ2v) is 5.12. The number of hydrogen-bond acceptors (Lipinski definition) is 3. The predicted molar refractivity (Wildman–Crippen MR) is 84.7 cm³/mol. The molecule has 0 aliphatic carbocycles. The topological polar surface area (TPSA) is 46.4 Å². The summed E-state index contributed by atoms with van der Waals surface area (Å²) in [6, 6.07) is 13.3. The van der Waals surface area contributed by atoms with Gasteiger partial charge in [-0.25, -0.2) is 4.98 Å². The van der Waals surface area contributed by atoms with Crippen LogP contribution in [0.1, 0.15) is 16.8 Å². The summed E-state index contributed by atoms with van der Waals surface area (Å²) in [7, 11) is 0. The van der Waals surface area contributed by atoms with Crippen LogP contribution >= 0.6 is 0 Å². The SMILES string of the molecule is Cc1cccc(NCc2cc(=O)n3ccccc3n2)c1C. The predicted octanol–water partition coefficient (Wildman–Crippen LogP) is 2.92. The van der Waals surface area contributed by atoms with E-state index in [1.54, 1.807) is 16.7 Å². The number of hydrogen-bond donors (Lipinski definition) is 1. The maximum atomic E-state index is 12.0. The first-order chi connectivity index (χ1) is 10.1. The Morgan fingerprint density at radius 1 is 1.14 bits per heavy atom. The summed E-state index contributed by atoms with van der Waals surface area (Å²) in [6.07, 6.45) is 1.73. The van der Waals surface area contributed by atoms with Crippen molar-refractivity contribution >= 4 is 11.3 Å². The van der Waals surface area contributed by atoms with E-state index in [1.165, 1.54) is 11.1 Å². The Morgan fingerprint density at radius 2 is 2.00 bits per heavy atom. The fourth-order valence-corrected chi connectivity index (χ4v) is 2.32. The van der Waals surface area contributed by atoms with Crippen molar-refractivity contribution in [3.05, 3.63) is 75.8 Å². The molecule has 1 N–H and O–H groups in total. The van der Waals surface area contributed by atoms with E-state index in [0.29, 0.717) is 12.2 Å². The Labute approximate surface area is 123 Å². The summed E-state index contributed by atoms with van der Waals surface area (Å²) in [6.45, 7) is 4.70. The number of rotatable bonds is 3. The van der Waals surface area contributed by atoms with E-state index in [9.17, 15) is 4.79 Å². The minimum absolute atomic E-state index is 0.0571. The molecule has 0 aliphatic rings. The highest BCUT2D eigenvalue weighted by molar-refractivity contribution is 5.53. The van der Waals surface area contributed by atoms with Crippen molar-refractivity contribution < 1.29 is 0 Å². The van der Waals surface area contributed by atoms with Crippen LogP contribution in [0.4, 0.5) is 5.69 Å². The highest BCUT2D eigenvalue weighted by Gasteiger charge is 2.04. The van der Waals surface area contributed by atoms with Crippen LogP contribution in [0.2, 0.25) is 0 Å². The van der Waals surface area contributed by atoms with Gasteiger partial charge in [-0.15, -0.1) is 0 Å². The molecular weight excluding hydrogens is 262 g/mol. The largest absolute Gasteiger partial charge is 0.379 e. The van der Waals surface area contributed by atoms with Crippen LogP contribution in [0.3, 0.4) is 0 Å². The van der Waals surface area contributed by atoms with Crippen LogP contribution in [-0.2, 0) is 6.54 Å². The molecule has 0 aliphatic heterocycles. The number of fused-ring (bicyclic) bond motifs is 1. The van der Waals surface area contributed by atoms with Crippen molar-refractivity contribution in [3.8, 4) is 0 Å². The molecule has 0 saturated heterocycles. The standard InChI is InChI=1S/C17H17N3O/c1-12-6-5-7-15(13(12)2)18-11-14-10-17(21)20-9-4-3-8-16(20)19-14/h3-10,18H,11H2,1-2H3. The first kappa shape index (κ1) is 13.4. The zero-order valence-electron chi connectivity index (χ0n) is 12.1. The molecule has 4 heteroatoms. The first-order valence-electron chi connectivity index (χ1n) is 6.92. The lowest BCUT2D eigenvalue weighted by Crippen LogP contribution is -2.16. The maximum absolute atomic E-state index is 12.0. The lowest BCUT2D eigenvalue weighted by Gasteiger charge is -2.11. The van der Waals surface area contributed by atoms with E-state index >= 15 is 0 Å². The van der Waals surface area contributed by atoms with Crippen LogP contribution < -0.4 is 10.9 Å². The van der Waals surface area contributed by atoms with Gasteiger partial charge in [0, 0.05) is 18.0 Å². The molecule has 0 radical (unpaired) electrons. The van der Waals surface area contributed by atoms with Gasteiger partial charge in [-0.3, -0.25) is 9.20 Å². The minimum atomic E-state index is -0.0571. The first-order valence-corrected chi connectivity index (χ1v) is 6.92. The molecule has 0 unspecified atom stereocenters. The second kappa shape index (κ2) is 5.40. The molecule has 1 aromatic carbocycles. The average molecular weight is 279 g/mol. The summed E-state index contributed by atoms with van der Waals surface area (Å²) in [5.74, 6) is 0. The van der Waals surface area contributed by atoms with Crippen molar-refractivity contribution in [2.24, 2.45) is 0 Å². The molecule has 2 heterocycles. The molecule has 3 rings (SSSR count). The van der Waals surface area contributed by atoms with Crippen molar-refractivity contribution in [2.75, 3.05) is 5.32 Å². The summed E-state index contributed by atoms with van der Waals surface area (Å²) < 4.78 is 1.54. The van der Waals surface area contributed by atoms with Crippen molar-refractivity contribution in [1.29, 1.82) is 0 Å². The summed E-state index contributed by atoms with van der Waals surface area (Å²) in [5, 5.41) is 3.35. The molecular formula is C17H17N3O. The zero-order chi connectivity index (χ0) is 14.8. The number of nitrogens with one attached hydrogen (secondary N) is 1. The third-order valence-corrected chi connectivity index (χ3v) is 3.69. The van der Waals surface area contributed by atoms with Gasteiger partial charge in [0.1, 0.15) is 5.65 Å². The maximum Gasteiger partial charge on any atom is 0.258 e. The van der Waals surface area contributed by atoms with Crippen LogP contribution in [0.25, 0.3) is 5.65 Å². The van der Waals surface area contributed by atoms with Gasteiger partial charge in [0.05, 0.1) is 12.2 Å². The Hall–Kier alpha value is -2.62. The molecule has 0 amide bonds. The van der Waals surface area contributed by atoms with Gasteiger partial charge in [-0.05, 0) is 43.2 Å². The van der Waals surface area contributed by atoms with Crippen LogP contribution in [0.5, 0.6) is 0 Å². The molecule has 3 aromatic rings. The normalized spacial score (nSPS) is 10.8. The molecule has 2 aromatic heterocycles. The van der Waals surface area contributed by atoms with E-state index in [1.807, 2.05) is 30.3 Å². The van der Waals surface area contributed by atoms with Gasteiger partial charge in [0.15, 0.2) is 0 Å². The molecule has 0 fully saturated rings. The van der Waals surface area contributed by atoms with E-state index in [4.69, 9.17) is 0 Å². The molecule has 4 nitrogen and oxygen atoms in total. The summed E-state index contributed by atoms with van der Waals surface area (Å²) in [4.78, 5) is 16.5. The van der Waals surface area contributed by atoms with Crippen LogP contribution in [-0.4, -0.2) is 9.38 Å². The molecule has 106 valence electrons. The number of benzene rings is 1. The van der Waals surface area contributed by atoms with Gasteiger partial charge in [0.25, 0.3) is 5.56 Å². The summed E-state index contributed by atoms with van der Waals surface area (Å²) in [5.41, 5.74) is 4.89. The van der Waals surface area contributed by atoms with Gasteiger partial charge in [-0.1, -0.05) is 18.2 Å². The van der Waals surface area contributed by atoms with E-state index in [0.717, 1.165) is 11.4 Å². The third-order valence-electron chi connectivity index (χ3n) is 3.69. The molecule has 21 heavy (non-hydrogen) atoms. The van der Waals surface area contributed by atoms with Gasteiger partial charge >= 0.3 is 0 Å². The second-order valence-electron chi connectivity index (χ2n) is 5.12. The summed E-state index contributed by atoms with van der Waals surface area (Å²) >= 11 is 0. The molecule has 0 atom stereocenters. The highest BCUT2D eigenvalue weighted by Crippen LogP contribution is 2.18. The fraction of sp³-hybridized carbons (Fsp3) is 0.176. The lowest BCUT2D eigenvalue weighted by atomic mass is 10.1. The Balaban J connectivity index is 1.89. The Bertz CT molecular complexity index is 852.